The van der Waals surface area contributed by atoms with Crippen molar-refractivity contribution in [1.82, 2.24) is 4.90 Å². The van der Waals surface area contributed by atoms with E-state index in [1.165, 1.54) is 6.42 Å². The van der Waals surface area contributed by atoms with E-state index in [2.05, 4.69) is 6.92 Å². The number of likely N-dealkylation sites (tertiary alicyclic amines) is 1. The lowest BCUT2D eigenvalue weighted by Crippen LogP contribution is -2.32. The fraction of sp³-hybridized carbons (Fsp3) is 0.917. The molecule has 1 heterocycles. The molecule has 88 valence electrons. The Morgan fingerprint density at radius 3 is 2.87 bits per heavy atom. The molecule has 0 spiro atoms. The second kappa shape index (κ2) is 6.11. The summed E-state index contributed by atoms with van der Waals surface area (Å²) >= 11 is 0. The zero-order valence-corrected chi connectivity index (χ0v) is 9.91. The van der Waals surface area contributed by atoms with Crippen LogP contribution in [0.25, 0.3) is 0 Å². The first kappa shape index (κ1) is 12.5. The molecule has 0 saturated carbocycles. The number of hydrogen-bond acceptors (Lipinski definition) is 2. The van der Waals surface area contributed by atoms with Gasteiger partial charge in [0.1, 0.15) is 0 Å². The standard InChI is InChI=1S/C12H23NO2/c1-10-4-3-8-13(9-7-10)12(15)6-5-11(2)14/h10-11,14H,3-9H2,1-2H3. The molecular formula is C12H23NO2. The van der Waals surface area contributed by atoms with Crippen LogP contribution in [-0.4, -0.2) is 35.1 Å². The molecule has 0 aromatic carbocycles. The molecule has 0 bridgehead atoms. The summed E-state index contributed by atoms with van der Waals surface area (Å²) in [6.07, 6.45) is 4.21. The van der Waals surface area contributed by atoms with Crippen molar-refractivity contribution in [1.29, 1.82) is 0 Å². The number of aliphatic hydroxyl groups is 1. The van der Waals surface area contributed by atoms with Crippen molar-refractivity contribution >= 4 is 5.91 Å². The molecule has 1 fully saturated rings. The SMILES string of the molecule is CC(O)CCC(=O)N1CCCC(C)CC1. The zero-order valence-electron chi connectivity index (χ0n) is 9.91. The third-order valence-corrected chi connectivity index (χ3v) is 3.15. The molecule has 2 unspecified atom stereocenters. The van der Waals surface area contributed by atoms with Gasteiger partial charge in [-0.05, 0) is 38.5 Å². The summed E-state index contributed by atoms with van der Waals surface area (Å²) in [5.41, 5.74) is 0. The monoisotopic (exact) mass is 213 g/mol. The van der Waals surface area contributed by atoms with Crippen LogP contribution in [0.2, 0.25) is 0 Å². The van der Waals surface area contributed by atoms with Crippen LogP contribution in [0.4, 0.5) is 0 Å². The molecule has 3 nitrogen and oxygen atoms in total. The van der Waals surface area contributed by atoms with Gasteiger partial charge in [0.05, 0.1) is 6.10 Å². The van der Waals surface area contributed by atoms with Crippen LogP contribution < -0.4 is 0 Å². The van der Waals surface area contributed by atoms with Gasteiger partial charge in [0.25, 0.3) is 0 Å². The first-order valence-electron chi connectivity index (χ1n) is 6.05. The average molecular weight is 213 g/mol. The van der Waals surface area contributed by atoms with Gasteiger partial charge in [-0.15, -0.1) is 0 Å². The number of hydrogen-bond donors (Lipinski definition) is 1. The zero-order chi connectivity index (χ0) is 11.3. The van der Waals surface area contributed by atoms with E-state index >= 15 is 0 Å². The van der Waals surface area contributed by atoms with E-state index in [1.54, 1.807) is 6.92 Å². The van der Waals surface area contributed by atoms with Crippen LogP contribution in [0.1, 0.15) is 46.0 Å². The Labute approximate surface area is 92.5 Å². The molecule has 1 aliphatic heterocycles. The number of carbonyl (C=O) groups is 1. The Balaban J connectivity index is 2.31. The Morgan fingerprint density at radius 1 is 1.47 bits per heavy atom. The van der Waals surface area contributed by atoms with Crippen LogP contribution in [0.3, 0.4) is 0 Å². The molecule has 1 amide bonds. The highest BCUT2D eigenvalue weighted by molar-refractivity contribution is 5.76. The van der Waals surface area contributed by atoms with Crippen LogP contribution in [0, 0.1) is 5.92 Å². The van der Waals surface area contributed by atoms with E-state index in [9.17, 15) is 4.79 Å². The van der Waals surface area contributed by atoms with Gasteiger partial charge in [-0.25, -0.2) is 0 Å². The molecule has 0 aliphatic carbocycles. The average Bonchev–Trinajstić information content (AvgIpc) is 2.39. The molecule has 2 atom stereocenters. The van der Waals surface area contributed by atoms with Crippen molar-refractivity contribution in [2.75, 3.05) is 13.1 Å². The Hall–Kier alpha value is -0.570. The van der Waals surface area contributed by atoms with E-state index < -0.39 is 0 Å². The Morgan fingerprint density at radius 2 is 2.20 bits per heavy atom. The summed E-state index contributed by atoms with van der Waals surface area (Å²) in [7, 11) is 0. The second-order valence-electron chi connectivity index (χ2n) is 4.80. The molecule has 1 saturated heterocycles. The highest BCUT2D eigenvalue weighted by atomic mass is 16.3. The highest BCUT2D eigenvalue weighted by Gasteiger charge is 2.18. The summed E-state index contributed by atoms with van der Waals surface area (Å²) < 4.78 is 0. The molecule has 1 rings (SSSR count). The number of rotatable bonds is 3. The van der Waals surface area contributed by atoms with Gasteiger partial charge < -0.3 is 10.0 Å². The minimum absolute atomic E-state index is 0.213. The smallest absolute Gasteiger partial charge is 0.222 e. The minimum Gasteiger partial charge on any atom is -0.393 e. The molecule has 1 N–H and O–H groups in total. The summed E-state index contributed by atoms with van der Waals surface area (Å²) in [4.78, 5) is 13.7. The van der Waals surface area contributed by atoms with Gasteiger partial charge in [0.15, 0.2) is 0 Å². The van der Waals surface area contributed by atoms with E-state index in [0.717, 1.165) is 31.8 Å². The summed E-state index contributed by atoms with van der Waals surface area (Å²) in [6, 6.07) is 0. The van der Waals surface area contributed by atoms with Crippen molar-refractivity contribution in [2.45, 2.75) is 52.1 Å². The molecule has 0 aromatic heterocycles. The molecule has 0 radical (unpaired) electrons. The third kappa shape index (κ3) is 4.65. The maximum atomic E-state index is 11.8. The minimum atomic E-state index is -0.361. The van der Waals surface area contributed by atoms with Gasteiger partial charge in [-0.1, -0.05) is 6.92 Å². The third-order valence-electron chi connectivity index (χ3n) is 3.15. The van der Waals surface area contributed by atoms with Crippen molar-refractivity contribution < 1.29 is 9.90 Å². The predicted octanol–water partition coefficient (Wildman–Crippen LogP) is 1.80. The van der Waals surface area contributed by atoms with Gasteiger partial charge in [-0.2, -0.15) is 0 Å². The first-order valence-corrected chi connectivity index (χ1v) is 6.05. The predicted molar refractivity (Wildman–Crippen MR) is 60.5 cm³/mol. The lowest BCUT2D eigenvalue weighted by atomic mass is 10.0. The van der Waals surface area contributed by atoms with E-state index in [-0.39, 0.29) is 12.0 Å². The summed E-state index contributed by atoms with van der Waals surface area (Å²) in [5, 5.41) is 9.13. The number of carbonyl (C=O) groups excluding carboxylic acids is 1. The fourth-order valence-electron chi connectivity index (χ4n) is 2.00. The van der Waals surface area contributed by atoms with Gasteiger partial charge in [-0.3, -0.25) is 4.79 Å². The topological polar surface area (TPSA) is 40.5 Å². The number of amides is 1. The van der Waals surface area contributed by atoms with E-state index in [0.29, 0.717) is 12.8 Å². The molecule has 15 heavy (non-hydrogen) atoms. The van der Waals surface area contributed by atoms with Crippen LogP contribution in [0.5, 0.6) is 0 Å². The fourth-order valence-corrected chi connectivity index (χ4v) is 2.00. The lowest BCUT2D eigenvalue weighted by Gasteiger charge is -2.20. The Bertz CT molecular complexity index is 204. The summed E-state index contributed by atoms with van der Waals surface area (Å²) in [5.74, 6) is 0.963. The van der Waals surface area contributed by atoms with Gasteiger partial charge in [0, 0.05) is 19.5 Å². The Kier molecular flexibility index (Phi) is 5.09. The molecule has 1 aliphatic rings. The van der Waals surface area contributed by atoms with Crippen molar-refractivity contribution in [3.8, 4) is 0 Å². The molecular weight excluding hydrogens is 190 g/mol. The van der Waals surface area contributed by atoms with Crippen molar-refractivity contribution in [3.05, 3.63) is 0 Å². The van der Waals surface area contributed by atoms with Crippen LogP contribution in [-0.2, 0) is 4.79 Å². The number of nitrogens with zero attached hydrogens (tertiary/aromatic N) is 1. The molecule has 3 heteroatoms. The first-order chi connectivity index (χ1) is 7.09. The normalized spacial score (nSPS) is 24.7. The van der Waals surface area contributed by atoms with Gasteiger partial charge in [0.2, 0.25) is 5.91 Å². The van der Waals surface area contributed by atoms with Crippen molar-refractivity contribution in [3.63, 3.8) is 0 Å². The second-order valence-corrected chi connectivity index (χ2v) is 4.80. The number of aliphatic hydroxyl groups excluding tert-OH is 1. The quantitative estimate of drug-likeness (QED) is 0.776. The van der Waals surface area contributed by atoms with E-state index in [1.807, 2.05) is 4.90 Å². The lowest BCUT2D eigenvalue weighted by molar-refractivity contribution is -0.131. The largest absolute Gasteiger partial charge is 0.393 e. The van der Waals surface area contributed by atoms with Gasteiger partial charge >= 0.3 is 0 Å². The highest BCUT2D eigenvalue weighted by Crippen LogP contribution is 2.17. The van der Waals surface area contributed by atoms with Crippen LogP contribution in [0.15, 0.2) is 0 Å². The molecule has 0 aromatic rings. The van der Waals surface area contributed by atoms with E-state index in [4.69, 9.17) is 5.11 Å². The van der Waals surface area contributed by atoms with Crippen molar-refractivity contribution in [2.24, 2.45) is 5.92 Å². The van der Waals surface area contributed by atoms with Crippen LogP contribution >= 0.6 is 0 Å². The maximum absolute atomic E-state index is 11.8. The summed E-state index contributed by atoms with van der Waals surface area (Å²) in [6.45, 7) is 5.80. The maximum Gasteiger partial charge on any atom is 0.222 e.